The Hall–Kier alpha value is -0.845. The molecule has 0 saturated carbocycles. The highest BCUT2D eigenvalue weighted by Crippen LogP contribution is 2.36. The maximum absolute atomic E-state index is 6.07. The van der Waals surface area contributed by atoms with Crippen molar-refractivity contribution in [1.29, 1.82) is 0 Å². The molecule has 2 aliphatic rings. The van der Waals surface area contributed by atoms with Crippen molar-refractivity contribution in [3.63, 3.8) is 0 Å². The zero-order valence-corrected chi connectivity index (χ0v) is 13.7. The highest BCUT2D eigenvalue weighted by Gasteiger charge is 2.52. The van der Waals surface area contributed by atoms with Crippen molar-refractivity contribution in [2.45, 2.75) is 71.3 Å². The average molecular weight is 292 g/mol. The van der Waals surface area contributed by atoms with Crippen LogP contribution in [-0.2, 0) is 14.0 Å². The summed E-state index contributed by atoms with van der Waals surface area (Å²) in [4.78, 5) is 4.63. The Balaban J connectivity index is 1.81. The molecule has 2 fully saturated rings. The number of rotatable bonds is 2. The predicted octanol–water partition coefficient (Wildman–Crippen LogP) is 2.19. The Morgan fingerprint density at radius 1 is 1.19 bits per heavy atom. The van der Waals surface area contributed by atoms with E-state index in [1.54, 1.807) is 0 Å². The number of hydrogen-bond acceptors (Lipinski definition) is 4. The maximum Gasteiger partial charge on any atom is 0.516 e. The van der Waals surface area contributed by atoms with Crippen LogP contribution in [0.2, 0.25) is 0 Å². The first-order valence-corrected chi connectivity index (χ1v) is 7.83. The van der Waals surface area contributed by atoms with Gasteiger partial charge in [0, 0.05) is 12.8 Å². The van der Waals surface area contributed by atoms with E-state index >= 15 is 0 Å². The second kappa shape index (κ2) is 5.11. The number of nitrogens with zero attached hydrogens (tertiary/aromatic N) is 2. The molecule has 5 nitrogen and oxygen atoms in total. The van der Waals surface area contributed by atoms with Crippen molar-refractivity contribution in [2.75, 3.05) is 6.61 Å². The standard InChI is InChI=1S/C15H25BN2O3/c1-11-17-12(10-18(11)13-8-6-7-9-19-13)16-20-14(2,3)15(4,5)21-16/h10,13H,6-9H2,1-5H3. The summed E-state index contributed by atoms with van der Waals surface area (Å²) in [7, 11) is -0.404. The third kappa shape index (κ3) is 2.65. The van der Waals surface area contributed by atoms with Crippen molar-refractivity contribution < 1.29 is 14.0 Å². The highest BCUT2D eigenvalue weighted by atomic mass is 16.7. The van der Waals surface area contributed by atoms with E-state index in [-0.39, 0.29) is 17.4 Å². The zero-order chi connectivity index (χ0) is 15.3. The smallest absolute Gasteiger partial charge is 0.398 e. The van der Waals surface area contributed by atoms with Crippen molar-refractivity contribution in [3.8, 4) is 0 Å². The van der Waals surface area contributed by atoms with Gasteiger partial charge >= 0.3 is 7.12 Å². The van der Waals surface area contributed by atoms with Gasteiger partial charge in [-0.05, 0) is 53.9 Å². The molecule has 0 spiro atoms. The van der Waals surface area contributed by atoms with E-state index in [9.17, 15) is 0 Å². The first-order valence-electron chi connectivity index (χ1n) is 7.83. The van der Waals surface area contributed by atoms with Gasteiger partial charge in [-0.3, -0.25) is 0 Å². The summed E-state index contributed by atoms with van der Waals surface area (Å²) in [5.74, 6) is 0.951. The molecule has 0 N–H and O–H groups in total. The average Bonchev–Trinajstić information content (AvgIpc) is 2.89. The lowest BCUT2D eigenvalue weighted by molar-refractivity contribution is -0.0331. The SMILES string of the molecule is Cc1nc(B2OC(C)(C)C(C)(C)O2)cn1C1CCCCO1. The minimum Gasteiger partial charge on any atom is -0.398 e. The summed E-state index contributed by atoms with van der Waals surface area (Å²) >= 11 is 0. The molecule has 1 unspecified atom stereocenters. The summed E-state index contributed by atoms with van der Waals surface area (Å²) in [5, 5.41) is 0. The molecule has 0 bridgehead atoms. The molecule has 0 radical (unpaired) electrons. The first-order chi connectivity index (χ1) is 9.80. The molecule has 21 heavy (non-hydrogen) atoms. The van der Waals surface area contributed by atoms with Gasteiger partial charge in [0.15, 0.2) is 0 Å². The molecule has 1 aromatic heterocycles. The van der Waals surface area contributed by atoms with Gasteiger partial charge in [-0.25, -0.2) is 4.98 Å². The van der Waals surface area contributed by atoms with Gasteiger partial charge in [0.1, 0.15) is 12.1 Å². The normalized spacial score (nSPS) is 28.0. The summed E-state index contributed by atoms with van der Waals surface area (Å²) in [6.07, 6.45) is 5.51. The summed E-state index contributed by atoms with van der Waals surface area (Å²) < 4.78 is 20.1. The number of hydrogen-bond donors (Lipinski definition) is 0. The summed E-state index contributed by atoms with van der Waals surface area (Å²) in [6, 6.07) is 0. The van der Waals surface area contributed by atoms with Gasteiger partial charge < -0.3 is 18.6 Å². The van der Waals surface area contributed by atoms with Crippen molar-refractivity contribution in [1.82, 2.24) is 9.55 Å². The quantitative estimate of drug-likeness (QED) is 0.784. The van der Waals surface area contributed by atoms with Crippen LogP contribution in [0.3, 0.4) is 0 Å². The Morgan fingerprint density at radius 2 is 1.86 bits per heavy atom. The molecular formula is C15H25BN2O3. The van der Waals surface area contributed by atoms with E-state index in [2.05, 4.69) is 37.2 Å². The fourth-order valence-corrected chi connectivity index (χ4v) is 2.82. The fraction of sp³-hybridized carbons (Fsp3) is 0.800. The highest BCUT2D eigenvalue weighted by molar-refractivity contribution is 6.61. The summed E-state index contributed by atoms with van der Waals surface area (Å²) in [5.41, 5.74) is 0.160. The Morgan fingerprint density at radius 3 is 2.43 bits per heavy atom. The lowest BCUT2D eigenvalue weighted by atomic mass is 9.86. The summed E-state index contributed by atoms with van der Waals surface area (Å²) in [6.45, 7) is 11.1. The maximum atomic E-state index is 6.07. The van der Waals surface area contributed by atoms with Gasteiger partial charge in [-0.15, -0.1) is 0 Å². The number of aryl methyl sites for hydroxylation is 1. The third-order valence-corrected chi connectivity index (χ3v) is 4.90. The van der Waals surface area contributed by atoms with Crippen LogP contribution in [0.5, 0.6) is 0 Å². The monoisotopic (exact) mass is 292 g/mol. The molecule has 1 aromatic rings. The van der Waals surface area contributed by atoms with E-state index in [4.69, 9.17) is 14.0 Å². The molecule has 1 atom stereocenters. The molecule has 0 amide bonds. The zero-order valence-electron chi connectivity index (χ0n) is 13.7. The van der Waals surface area contributed by atoms with E-state index in [1.165, 1.54) is 6.42 Å². The van der Waals surface area contributed by atoms with E-state index in [0.29, 0.717) is 0 Å². The Kier molecular flexibility index (Phi) is 3.67. The van der Waals surface area contributed by atoms with E-state index in [1.807, 2.05) is 13.1 Å². The molecule has 2 saturated heterocycles. The Bertz CT molecular complexity index is 505. The van der Waals surface area contributed by atoms with Crippen molar-refractivity contribution in [2.24, 2.45) is 0 Å². The first kappa shape index (κ1) is 15.1. The van der Waals surface area contributed by atoms with Crippen LogP contribution >= 0.6 is 0 Å². The van der Waals surface area contributed by atoms with Crippen molar-refractivity contribution in [3.05, 3.63) is 12.0 Å². The lowest BCUT2D eigenvalue weighted by Crippen LogP contribution is -2.41. The van der Waals surface area contributed by atoms with Crippen LogP contribution in [0.1, 0.15) is 59.0 Å². The molecule has 3 heterocycles. The van der Waals surface area contributed by atoms with Gasteiger partial charge in [0.2, 0.25) is 0 Å². The van der Waals surface area contributed by atoms with Gasteiger partial charge in [-0.1, -0.05) is 0 Å². The second-order valence-electron chi connectivity index (χ2n) is 7.03. The number of imidazole rings is 1. The Labute approximate surface area is 127 Å². The number of aromatic nitrogens is 2. The van der Waals surface area contributed by atoms with Crippen LogP contribution in [0.25, 0.3) is 0 Å². The fourth-order valence-electron chi connectivity index (χ4n) is 2.82. The molecule has 6 heteroatoms. The molecule has 3 rings (SSSR count). The minimum absolute atomic E-state index is 0.0995. The van der Waals surface area contributed by atoms with Crippen LogP contribution < -0.4 is 5.59 Å². The molecular weight excluding hydrogens is 267 g/mol. The molecule has 116 valence electrons. The molecule has 0 aliphatic carbocycles. The molecule has 2 aliphatic heterocycles. The molecule has 0 aromatic carbocycles. The van der Waals surface area contributed by atoms with Crippen LogP contribution in [0.15, 0.2) is 6.20 Å². The number of ether oxygens (including phenoxy) is 1. The van der Waals surface area contributed by atoms with Gasteiger partial charge in [0.25, 0.3) is 0 Å². The van der Waals surface area contributed by atoms with Crippen LogP contribution in [0, 0.1) is 6.92 Å². The van der Waals surface area contributed by atoms with E-state index in [0.717, 1.165) is 30.9 Å². The topological polar surface area (TPSA) is 45.5 Å². The van der Waals surface area contributed by atoms with Crippen LogP contribution in [-0.4, -0.2) is 34.5 Å². The third-order valence-electron chi connectivity index (χ3n) is 4.90. The van der Waals surface area contributed by atoms with Gasteiger partial charge in [0.05, 0.1) is 16.8 Å². The van der Waals surface area contributed by atoms with Crippen LogP contribution in [0.4, 0.5) is 0 Å². The minimum atomic E-state index is -0.404. The predicted molar refractivity (Wildman–Crippen MR) is 81.5 cm³/mol. The lowest BCUT2D eigenvalue weighted by Gasteiger charge is -2.32. The van der Waals surface area contributed by atoms with Crippen molar-refractivity contribution >= 4 is 12.7 Å². The second-order valence-corrected chi connectivity index (χ2v) is 7.03. The van der Waals surface area contributed by atoms with E-state index < -0.39 is 7.12 Å². The van der Waals surface area contributed by atoms with Gasteiger partial charge in [-0.2, -0.15) is 0 Å². The largest absolute Gasteiger partial charge is 0.516 e.